The molecule has 2 saturated heterocycles. The molecular formula is C26H31F3N6O. The topological polar surface area (TPSA) is 68.1 Å². The van der Waals surface area contributed by atoms with E-state index in [1.54, 1.807) is 25.2 Å². The van der Waals surface area contributed by atoms with Crippen LogP contribution < -0.4 is 5.32 Å². The van der Waals surface area contributed by atoms with Gasteiger partial charge in [0.2, 0.25) is 0 Å². The Morgan fingerprint density at radius 1 is 1.03 bits per heavy atom. The van der Waals surface area contributed by atoms with E-state index in [2.05, 4.69) is 25.5 Å². The number of nitrogens with one attached hydrogen (secondary N) is 1. The summed E-state index contributed by atoms with van der Waals surface area (Å²) < 4.78 is 48.8. The Balaban J connectivity index is 1.11. The van der Waals surface area contributed by atoms with Crippen LogP contribution >= 0.6 is 0 Å². The van der Waals surface area contributed by atoms with Crippen LogP contribution in [0.25, 0.3) is 22.2 Å². The largest absolute Gasteiger partial charge is 0.417 e. The summed E-state index contributed by atoms with van der Waals surface area (Å²) >= 11 is 0. The van der Waals surface area contributed by atoms with Crippen molar-refractivity contribution in [2.24, 2.45) is 24.8 Å². The number of fused-ring (bicyclic) bond motifs is 2. The number of rotatable bonds is 5. The Morgan fingerprint density at radius 2 is 1.78 bits per heavy atom. The maximum Gasteiger partial charge on any atom is 0.417 e. The van der Waals surface area contributed by atoms with Crippen molar-refractivity contribution in [2.75, 3.05) is 38.2 Å². The highest BCUT2D eigenvalue weighted by molar-refractivity contribution is 5.89. The third-order valence-corrected chi connectivity index (χ3v) is 8.06. The van der Waals surface area contributed by atoms with Crippen LogP contribution in [0.3, 0.4) is 0 Å². The molecule has 3 aliphatic rings. The van der Waals surface area contributed by atoms with E-state index in [0.717, 1.165) is 45.1 Å². The van der Waals surface area contributed by atoms with E-state index in [4.69, 9.17) is 4.74 Å². The van der Waals surface area contributed by atoms with Crippen molar-refractivity contribution in [3.8, 4) is 11.3 Å². The fourth-order valence-electron chi connectivity index (χ4n) is 6.45. The highest BCUT2D eigenvalue weighted by Crippen LogP contribution is 2.42. The molecule has 0 spiro atoms. The van der Waals surface area contributed by atoms with Crippen LogP contribution in [0.4, 0.5) is 19.0 Å². The fraction of sp³-hybridized carbons (Fsp3) is 0.577. The predicted octanol–water partition coefficient (Wildman–Crippen LogP) is 4.60. The Morgan fingerprint density at radius 3 is 2.44 bits per heavy atom. The number of aromatic nitrogens is 4. The second-order valence-electron chi connectivity index (χ2n) is 10.6. The molecule has 36 heavy (non-hydrogen) atoms. The van der Waals surface area contributed by atoms with Crippen LogP contribution in [-0.2, 0) is 18.0 Å². The van der Waals surface area contributed by atoms with E-state index in [0.29, 0.717) is 29.2 Å². The molecule has 3 atom stereocenters. The van der Waals surface area contributed by atoms with Crippen LogP contribution in [0.2, 0.25) is 0 Å². The molecule has 1 aromatic carbocycles. The molecule has 192 valence electrons. The molecule has 2 aliphatic heterocycles. The van der Waals surface area contributed by atoms with Crippen molar-refractivity contribution in [3.05, 3.63) is 36.0 Å². The van der Waals surface area contributed by atoms with Gasteiger partial charge in [-0.3, -0.25) is 4.68 Å². The SMILES string of the molecule is Cn1cc2c(C(F)(F)F)c(-c3ccc(N[C@@H]4CC5CN(CC6CCOCC6)C[C@H]5C4)nn3)ccc2n1. The van der Waals surface area contributed by atoms with Crippen molar-refractivity contribution in [1.82, 2.24) is 24.9 Å². The minimum atomic E-state index is -4.53. The van der Waals surface area contributed by atoms with E-state index in [1.165, 1.54) is 36.3 Å². The number of anilines is 1. The molecule has 1 saturated carbocycles. The second-order valence-corrected chi connectivity index (χ2v) is 10.6. The molecule has 1 N–H and O–H groups in total. The monoisotopic (exact) mass is 500 g/mol. The molecule has 7 nitrogen and oxygen atoms in total. The van der Waals surface area contributed by atoms with Gasteiger partial charge in [0.15, 0.2) is 0 Å². The highest BCUT2D eigenvalue weighted by atomic mass is 19.4. The predicted molar refractivity (Wildman–Crippen MR) is 130 cm³/mol. The van der Waals surface area contributed by atoms with Crippen LogP contribution in [0.1, 0.15) is 31.2 Å². The van der Waals surface area contributed by atoms with Gasteiger partial charge in [-0.1, -0.05) is 0 Å². The molecule has 1 aliphatic carbocycles. The number of hydrogen-bond acceptors (Lipinski definition) is 6. The van der Waals surface area contributed by atoms with Crippen LogP contribution in [0.5, 0.6) is 0 Å². The zero-order chi connectivity index (χ0) is 24.9. The zero-order valence-electron chi connectivity index (χ0n) is 20.3. The van der Waals surface area contributed by atoms with E-state index < -0.39 is 11.7 Å². The number of aryl methyl sites for hydroxylation is 1. The number of benzene rings is 1. The van der Waals surface area contributed by atoms with Crippen LogP contribution in [0.15, 0.2) is 30.5 Å². The molecule has 1 unspecified atom stereocenters. The minimum absolute atomic E-state index is 0.0158. The third kappa shape index (κ3) is 4.68. The number of ether oxygens (including phenoxy) is 1. The van der Waals surface area contributed by atoms with Gasteiger partial charge in [-0.25, -0.2) is 0 Å². The molecule has 0 amide bonds. The summed E-state index contributed by atoms with van der Waals surface area (Å²) in [4.78, 5) is 2.63. The van der Waals surface area contributed by atoms with Crippen molar-refractivity contribution in [2.45, 2.75) is 37.9 Å². The quantitative estimate of drug-likeness (QED) is 0.553. The number of likely N-dealkylation sites (tertiary alicyclic amines) is 1. The van der Waals surface area contributed by atoms with Crippen molar-refractivity contribution >= 4 is 16.7 Å². The van der Waals surface area contributed by atoms with Crippen LogP contribution in [0, 0.1) is 17.8 Å². The molecule has 3 fully saturated rings. The Bertz CT molecular complexity index is 1210. The summed E-state index contributed by atoms with van der Waals surface area (Å²) in [5.41, 5.74) is -0.206. The molecule has 0 bridgehead atoms. The van der Waals surface area contributed by atoms with Gasteiger partial charge in [0, 0.05) is 63.1 Å². The number of halogens is 3. The normalized spacial score (nSPS) is 25.5. The lowest BCUT2D eigenvalue weighted by atomic mass is 10.00. The molecule has 4 heterocycles. The summed E-state index contributed by atoms with van der Waals surface area (Å²) in [5.74, 6) is 2.75. The van der Waals surface area contributed by atoms with Gasteiger partial charge in [-0.2, -0.15) is 18.3 Å². The summed E-state index contributed by atoms with van der Waals surface area (Å²) in [6.45, 7) is 5.29. The van der Waals surface area contributed by atoms with Crippen LogP contribution in [-0.4, -0.2) is 63.8 Å². The summed E-state index contributed by atoms with van der Waals surface area (Å²) in [6, 6.07) is 6.70. The molecule has 0 radical (unpaired) electrons. The van der Waals surface area contributed by atoms with E-state index in [1.807, 2.05) is 0 Å². The van der Waals surface area contributed by atoms with Crippen molar-refractivity contribution in [3.63, 3.8) is 0 Å². The number of hydrogen-bond donors (Lipinski definition) is 1. The lowest BCUT2D eigenvalue weighted by Gasteiger charge is -2.27. The summed E-state index contributed by atoms with van der Waals surface area (Å²) in [6.07, 6.45) is 1.39. The van der Waals surface area contributed by atoms with Crippen molar-refractivity contribution in [1.29, 1.82) is 0 Å². The Hall–Kier alpha value is -2.72. The molecule has 2 aromatic heterocycles. The first kappa shape index (κ1) is 23.7. The van der Waals surface area contributed by atoms with Gasteiger partial charge in [0.05, 0.1) is 16.8 Å². The lowest BCUT2D eigenvalue weighted by Crippen LogP contribution is -2.32. The smallest absolute Gasteiger partial charge is 0.381 e. The first-order chi connectivity index (χ1) is 17.3. The minimum Gasteiger partial charge on any atom is -0.381 e. The van der Waals surface area contributed by atoms with E-state index in [-0.39, 0.29) is 16.6 Å². The van der Waals surface area contributed by atoms with Gasteiger partial charge < -0.3 is 15.0 Å². The molecule has 10 heteroatoms. The fourth-order valence-corrected chi connectivity index (χ4v) is 6.45. The van der Waals surface area contributed by atoms with Crippen molar-refractivity contribution < 1.29 is 17.9 Å². The Labute approximate surface area is 208 Å². The molecular weight excluding hydrogens is 469 g/mol. The van der Waals surface area contributed by atoms with Gasteiger partial charge >= 0.3 is 6.18 Å². The molecule has 6 rings (SSSR count). The second kappa shape index (κ2) is 9.30. The maximum atomic E-state index is 14.0. The summed E-state index contributed by atoms with van der Waals surface area (Å²) in [7, 11) is 1.61. The Kier molecular flexibility index (Phi) is 6.11. The highest BCUT2D eigenvalue weighted by Gasteiger charge is 2.41. The summed E-state index contributed by atoms with van der Waals surface area (Å²) in [5, 5.41) is 16.1. The average Bonchev–Trinajstić information content (AvgIpc) is 3.50. The third-order valence-electron chi connectivity index (χ3n) is 8.06. The number of alkyl halides is 3. The van der Waals surface area contributed by atoms with Gasteiger partial charge in [-0.05, 0) is 67.7 Å². The molecule has 3 aromatic rings. The zero-order valence-corrected chi connectivity index (χ0v) is 20.3. The van der Waals surface area contributed by atoms with Gasteiger partial charge in [0.1, 0.15) is 5.82 Å². The average molecular weight is 501 g/mol. The standard InChI is InChI=1S/C26H31F3N6O/c1-34-15-21-23(33-34)3-2-20(25(21)26(27,28)29)22-4-5-24(32-31-22)30-19-10-17-13-35(14-18(17)11-19)12-16-6-8-36-9-7-16/h2-5,15-19H,6-14H2,1H3,(H,30,32)/t17-,18?,19+/m1/s1. The maximum absolute atomic E-state index is 14.0. The van der Waals surface area contributed by atoms with E-state index >= 15 is 0 Å². The van der Waals surface area contributed by atoms with Gasteiger partial charge in [0.25, 0.3) is 0 Å². The van der Waals surface area contributed by atoms with Gasteiger partial charge in [-0.15, -0.1) is 10.2 Å². The first-order valence-corrected chi connectivity index (χ1v) is 12.8. The number of nitrogens with zero attached hydrogens (tertiary/aromatic N) is 5. The van der Waals surface area contributed by atoms with E-state index in [9.17, 15) is 13.2 Å². The first-order valence-electron chi connectivity index (χ1n) is 12.8. The lowest BCUT2D eigenvalue weighted by molar-refractivity contribution is -0.135.